The summed E-state index contributed by atoms with van der Waals surface area (Å²) in [5, 5.41) is 11.1. The summed E-state index contributed by atoms with van der Waals surface area (Å²) in [6, 6.07) is 4.05. The van der Waals surface area contributed by atoms with E-state index in [1.165, 1.54) is 12.8 Å². The molecule has 1 aromatic rings. The summed E-state index contributed by atoms with van der Waals surface area (Å²) in [7, 11) is 5.27. The first-order valence-electron chi connectivity index (χ1n) is 12.9. The number of methoxy groups -OCH3 is 3. The molecule has 0 radical (unpaired) electrons. The first-order valence-corrected chi connectivity index (χ1v) is 12.9. The molecule has 0 aliphatic rings. The van der Waals surface area contributed by atoms with Crippen LogP contribution in [-0.2, 0) is 20.3 Å². The van der Waals surface area contributed by atoms with Gasteiger partial charge < -0.3 is 19.3 Å². The predicted octanol–water partition coefficient (Wildman–Crippen LogP) is 7.64. The Bertz CT molecular complexity index is 680. The fourth-order valence-electron chi connectivity index (χ4n) is 4.79. The summed E-state index contributed by atoms with van der Waals surface area (Å²) in [6.07, 6.45) is 8.95. The molecule has 0 amide bonds. The molecule has 33 heavy (non-hydrogen) atoms. The number of rotatable bonds is 17. The molecule has 1 rings (SSSR count). The van der Waals surface area contributed by atoms with Crippen LogP contribution in [0.5, 0.6) is 11.5 Å². The Morgan fingerprint density at radius 3 is 1.61 bits per heavy atom. The minimum atomic E-state index is -0.113. The maximum atomic E-state index is 11.1. The highest BCUT2D eigenvalue weighted by molar-refractivity contribution is 5.51. The van der Waals surface area contributed by atoms with Crippen LogP contribution in [0.1, 0.15) is 104 Å². The number of phenolic OH excluding ortho intramolecular Hbond substituents is 1. The molecule has 0 aromatic heterocycles. The number of hydrogen-bond acceptors (Lipinski definition) is 4. The molecule has 0 bridgehead atoms. The second kappa shape index (κ2) is 14.2. The Morgan fingerprint density at radius 2 is 1.18 bits per heavy atom. The molecule has 0 aliphatic carbocycles. The molecule has 2 unspecified atom stereocenters. The van der Waals surface area contributed by atoms with Crippen molar-refractivity contribution in [3.05, 3.63) is 23.3 Å². The maximum Gasteiger partial charge on any atom is 0.123 e. The van der Waals surface area contributed by atoms with Crippen LogP contribution in [0.2, 0.25) is 0 Å². The zero-order valence-electron chi connectivity index (χ0n) is 23.1. The molecule has 0 saturated carbocycles. The molecule has 0 fully saturated rings. The maximum absolute atomic E-state index is 11.1. The molecule has 2 atom stereocenters. The molecule has 0 spiro atoms. The van der Waals surface area contributed by atoms with Gasteiger partial charge in [-0.15, -0.1) is 0 Å². The van der Waals surface area contributed by atoms with Gasteiger partial charge in [0.05, 0.1) is 7.11 Å². The lowest BCUT2D eigenvalue weighted by Crippen LogP contribution is -2.22. The number of benzene rings is 1. The summed E-state index contributed by atoms with van der Waals surface area (Å²) in [4.78, 5) is 0. The van der Waals surface area contributed by atoms with E-state index in [1.807, 2.05) is 6.07 Å². The van der Waals surface area contributed by atoms with E-state index in [2.05, 4.69) is 47.6 Å². The van der Waals surface area contributed by atoms with E-state index in [1.54, 1.807) is 21.3 Å². The van der Waals surface area contributed by atoms with E-state index in [0.717, 1.165) is 68.6 Å². The van der Waals surface area contributed by atoms with Gasteiger partial charge in [0, 0.05) is 38.6 Å². The standard InChI is InChI=1S/C29H52O4/c1-22(14-18-31-7)12-10-16-28(3,4)24-21-27(33-9)25(20-26(24)30)29(5,6)17-11-13-23(2)15-19-32-8/h20-23,30H,10-19H2,1-9H3. The van der Waals surface area contributed by atoms with Gasteiger partial charge >= 0.3 is 0 Å². The highest BCUT2D eigenvalue weighted by Gasteiger charge is 2.30. The van der Waals surface area contributed by atoms with Gasteiger partial charge in [0.1, 0.15) is 11.5 Å². The van der Waals surface area contributed by atoms with Gasteiger partial charge in [0.15, 0.2) is 0 Å². The van der Waals surface area contributed by atoms with Crippen LogP contribution in [-0.4, -0.2) is 39.6 Å². The molecule has 0 heterocycles. The van der Waals surface area contributed by atoms with Crippen molar-refractivity contribution in [2.45, 2.75) is 104 Å². The van der Waals surface area contributed by atoms with Crippen molar-refractivity contribution in [1.82, 2.24) is 0 Å². The first-order chi connectivity index (χ1) is 15.5. The predicted molar refractivity (Wildman–Crippen MR) is 140 cm³/mol. The minimum Gasteiger partial charge on any atom is -0.508 e. The zero-order valence-corrected chi connectivity index (χ0v) is 23.1. The van der Waals surface area contributed by atoms with E-state index in [9.17, 15) is 5.11 Å². The third-order valence-corrected chi connectivity index (χ3v) is 7.40. The third-order valence-electron chi connectivity index (χ3n) is 7.40. The fraction of sp³-hybridized carbons (Fsp3) is 0.793. The molecule has 192 valence electrons. The second-order valence-corrected chi connectivity index (χ2v) is 11.4. The average Bonchev–Trinajstić information content (AvgIpc) is 2.75. The van der Waals surface area contributed by atoms with E-state index in [-0.39, 0.29) is 10.8 Å². The van der Waals surface area contributed by atoms with Crippen LogP contribution in [0, 0.1) is 11.8 Å². The van der Waals surface area contributed by atoms with Crippen LogP contribution in [0.15, 0.2) is 12.1 Å². The third kappa shape index (κ3) is 9.86. The normalized spacial score (nSPS) is 14.3. The molecule has 1 aromatic carbocycles. The van der Waals surface area contributed by atoms with E-state index in [4.69, 9.17) is 14.2 Å². The van der Waals surface area contributed by atoms with Crippen molar-refractivity contribution in [2.24, 2.45) is 11.8 Å². The molecule has 4 nitrogen and oxygen atoms in total. The van der Waals surface area contributed by atoms with E-state index < -0.39 is 0 Å². The van der Waals surface area contributed by atoms with Crippen molar-refractivity contribution >= 4 is 0 Å². The van der Waals surface area contributed by atoms with Crippen molar-refractivity contribution in [3.8, 4) is 11.5 Å². The highest BCUT2D eigenvalue weighted by atomic mass is 16.5. The van der Waals surface area contributed by atoms with Crippen molar-refractivity contribution in [3.63, 3.8) is 0 Å². The van der Waals surface area contributed by atoms with Gasteiger partial charge in [0.25, 0.3) is 0 Å². The van der Waals surface area contributed by atoms with E-state index in [0.29, 0.717) is 17.6 Å². The Morgan fingerprint density at radius 1 is 0.727 bits per heavy atom. The number of hydrogen-bond donors (Lipinski definition) is 1. The van der Waals surface area contributed by atoms with Gasteiger partial charge in [-0.2, -0.15) is 0 Å². The van der Waals surface area contributed by atoms with Gasteiger partial charge in [-0.3, -0.25) is 0 Å². The molecule has 1 N–H and O–H groups in total. The minimum absolute atomic E-state index is 0.0662. The smallest absolute Gasteiger partial charge is 0.123 e. The molecule has 0 aliphatic heterocycles. The van der Waals surface area contributed by atoms with E-state index >= 15 is 0 Å². The lowest BCUT2D eigenvalue weighted by Gasteiger charge is -2.32. The van der Waals surface area contributed by atoms with Crippen LogP contribution in [0.4, 0.5) is 0 Å². The number of aromatic hydroxyl groups is 1. The summed E-state index contributed by atoms with van der Waals surface area (Å²) >= 11 is 0. The van der Waals surface area contributed by atoms with Crippen LogP contribution < -0.4 is 4.74 Å². The van der Waals surface area contributed by atoms with Gasteiger partial charge in [-0.1, -0.05) is 67.2 Å². The van der Waals surface area contributed by atoms with Crippen molar-refractivity contribution < 1.29 is 19.3 Å². The lowest BCUT2D eigenvalue weighted by atomic mass is 9.75. The molecular formula is C29H52O4. The SMILES string of the molecule is COCCC(C)CCCC(C)(C)c1cc(OC)c(C(C)(C)CCCC(C)CCOC)cc1O. The largest absolute Gasteiger partial charge is 0.508 e. The summed E-state index contributed by atoms with van der Waals surface area (Å²) in [6.45, 7) is 15.2. The Labute approximate surface area is 204 Å². The quantitative estimate of drug-likeness (QED) is 0.257. The topological polar surface area (TPSA) is 47.9 Å². The number of phenols is 1. The molecule has 0 saturated heterocycles. The van der Waals surface area contributed by atoms with Crippen LogP contribution in [0.3, 0.4) is 0 Å². The fourth-order valence-corrected chi connectivity index (χ4v) is 4.79. The second-order valence-electron chi connectivity index (χ2n) is 11.4. The Balaban J connectivity index is 2.89. The van der Waals surface area contributed by atoms with Gasteiger partial charge in [0.2, 0.25) is 0 Å². The summed E-state index contributed by atoms with van der Waals surface area (Å²) < 4.78 is 16.3. The lowest BCUT2D eigenvalue weighted by molar-refractivity contribution is 0.177. The summed E-state index contributed by atoms with van der Waals surface area (Å²) in [5.41, 5.74) is 1.90. The summed E-state index contributed by atoms with van der Waals surface area (Å²) in [5.74, 6) is 2.60. The molecule has 4 heteroatoms. The molecular weight excluding hydrogens is 412 g/mol. The van der Waals surface area contributed by atoms with Crippen molar-refractivity contribution in [1.29, 1.82) is 0 Å². The Hall–Kier alpha value is -1.26. The van der Waals surface area contributed by atoms with Gasteiger partial charge in [-0.25, -0.2) is 0 Å². The van der Waals surface area contributed by atoms with Crippen LogP contribution in [0.25, 0.3) is 0 Å². The van der Waals surface area contributed by atoms with Crippen molar-refractivity contribution in [2.75, 3.05) is 34.5 Å². The zero-order chi connectivity index (χ0) is 25.1. The average molecular weight is 465 g/mol. The monoisotopic (exact) mass is 464 g/mol. The Kier molecular flexibility index (Phi) is 12.8. The van der Waals surface area contributed by atoms with Gasteiger partial charge in [-0.05, 0) is 60.5 Å². The first kappa shape index (κ1) is 29.8. The highest BCUT2D eigenvalue weighted by Crippen LogP contribution is 2.44. The van der Waals surface area contributed by atoms with Crippen LogP contribution >= 0.6 is 0 Å². The number of ether oxygens (including phenoxy) is 3.